The summed E-state index contributed by atoms with van der Waals surface area (Å²) < 4.78 is 10.9. The fourth-order valence-electron chi connectivity index (χ4n) is 2.40. The third-order valence-corrected chi connectivity index (χ3v) is 4.56. The van der Waals surface area contributed by atoms with Crippen LogP contribution in [0.15, 0.2) is 78.9 Å². The van der Waals surface area contributed by atoms with Crippen molar-refractivity contribution >= 4 is 35.2 Å². The van der Waals surface area contributed by atoms with E-state index in [2.05, 4.69) is 0 Å². The van der Waals surface area contributed by atoms with E-state index in [-0.39, 0.29) is 6.61 Å². The van der Waals surface area contributed by atoms with Gasteiger partial charge in [-0.05, 0) is 47.5 Å². The van der Waals surface area contributed by atoms with Gasteiger partial charge in [-0.25, -0.2) is 4.79 Å². The number of carbonyl (C=O) groups excluding carboxylic acids is 1. The molecular formula is C23H18Cl2O3. The molecule has 142 valence electrons. The smallest absolute Gasteiger partial charge is 0.331 e. The molecule has 0 saturated heterocycles. The molecule has 5 heteroatoms. The summed E-state index contributed by atoms with van der Waals surface area (Å²) in [6, 6.07) is 22.1. The molecule has 0 aliphatic carbocycles. The van der Waals surface area contributed by atoms with Crippen LogP contribution < -0.4 is 4.74 Å². The van der Waals surface area contributed by atoms with E-state index in [1.54, 1.807) is 18.2 Å². The summed E-state index contributed by atoms with van der Waals surface area (Å²) in [5, 5.41) is 1.33. The molecule has 0 heterocycles. The number of benzene rings is 3. The average Bonchev–Trinajstić information content (AvgIpc) is 2.72. The Morgan fingerprint density at radius 1 is 0.857 bits per heavy atom. The molecule has 0 bridgehead atoms. The summed E-state index contributed by atoms with van der Waals surface area (Å²) in [7, 11) is 0. The summed E-state index contributed by atoms with van der Waals surface area (Å²) in [6.45, 7) is 0.598. The lowest BCUT2D eigenvalue weighted by Crippen LogP contribution is -2.00. The monoisotopic (exact) mass is 412 g/mol. The van der Waals surface area contributed by atoms with Crippen LogP contribution in [0.5, 0.6) is 5.75 Å². The van der Waals surface area contributed by atoms with Gasteiger partial charge in [0.1, 0.15) is 19.0 Å². The number of hydrogen-bond acceptors (Lipinski definition) is 3. The van der Waals surface area contributed by atoms with E-state index in [1.807, 2.05) is 60.7 Å². The number of ether oxygens (including phenoxy) is 2. The van der Waals surface area contributed by atoms with Crippen molar-refractivity contribution in [2.75, 3.05) is 0 Å². The molecule has 3 aromatic carbocycles. The molecule has 0 amide bonds. The molecule has 0 fully saturated rings. The van der Waals surface area contributed by atoms with Crippen LogP contribution in [0.4, 0.5) is 0 Å². The Labute approximate surface area is 174 Å². The first-order valence-electron chi connectivity index (χ1n) is 8.66. The van der Waals surface area contributed by atoms with Gasteiger partial charge in [-0.2, -0.15) is 0 Å². The fourth-order valence-corrected chi connectivity index (χ4v) is 2.72. The topological polar surface area (TPSA) is 35.5 Å². The minimum Gasteiger partial charge on any atom is -0.489 e. The highest BCUT2D eigenvalue weighted by Crippen LogP contribution is 2.19. The highest BCUT2D eigenvalue weighted by atomic mass is 35.5. The number of hydrogen-bond donors (Lipinski definition) is 0. The van der Waals surface area contributed by atoms with Crippen LogP contribution in [0.1, 0.15) is 16.7 Å². The molecule has 3 aromatic rings. The molecular weight excluding hydrogens is 395 g/mol. The van der Waals surface area contributed by atoms with E-state index in [4.69, 9.17) is 32.7 Å². The number of carbonyl (C=O) groups is 1. The van der Waals surface area contributed by atoms with Crippen molar-refractivity contribution in [3.8, 4) is 5.75 Å². The molecule has 0 aliphatic heterocycles. The predicted molar refractivity (Wildman–Crippen MR) is 113 cm³/mol. The van der Waals surface area contributed by atoms with Crippen LogP contribution in [-0.2, 0) is 22.7 Å². The van der Waals surface area contributed by atoms with Crippen molar-refractivity contribution in [1.29, 1.82) is 0 Å². The standard InChI is InChI=1S/C23H18Cl2O3/c24-20-10-5-18(6-11-20)15-28-23(26)14-9-17-7-12-21(13-8-17)27-16-19-3-1-2-4-22(19)25/h1-14H,15-16H2. The van der Waals surface area contributed by atoms with Crippen LogP contribution in [-0.4, -0.2) is 5.97 Å². The van der Waals surface area contributed by atoms with E-state index in [0.717, 1.165) is 22.4 Å². The van der Waals surface area contributed by atoms with E-state index >= 15 is 0 Å². The Bertz CT molecular complexity index is 948. The molecule has 0 N–H and O–H groups in total. The van der Waals surface area contributed by atoms with Crippen molar-refractivity contribution in [3.63, 3.8) is 0 Å². The predicted octanol–water partition coefficient (Wildman–Crippen LogP) is 6.33. The zero-order valence-electron chi connectivity index (χ0n) is 15.0. The fraction of sp³-hybridized carbons (Fsp3) is 0.0870. The van der Waals surface area contributed by atoms with E-state index in [9.17, 15) is 4.79 Å². The molecule has 0 unspecified atom stereocenters. The van der Waals surface area contributed by atoms with Gasteiger partial charge in [-0.15, -0.1) is 0 Å². The average molecular weight is 413 g/mol. The van der Waals surface area contributed by atoms with Crippen molar-refractivity contribution in [2.24, 2.45) is 0 Å². The SMILES string of the molecule is O=C(C=Cc1ccc(OCc2ccccc2Cl)cc1)OCc1ccc(Cl)cc1. The van der Waals surface area contributed by atoms with Gasteiger partial charge in [0.2, 0.25) is 0 Å². The molecule has 3 nitrogen and oxygen atoms in total. The zero-order valence-corrected chi connectivity index (χ0v) is 16.5. The molecule has 28 heavy (non-hydrogen) atoms. The second-order valence-corrected chi connectivity index (χ2v) is 6.86. The third-order valence-electron chi connectivity index (χ3n) is 3.94. The van der Waals surface area contributed by atoms with Crippen LogP contribution in [0.25, 0.3) is 6.08 Å². The van der Waals surface area contributed by atoms with Crippen LogP contribution in [0.2, 0.25) is 10.0 Å². The Morgan fingerprint density at radius 3 is 2.29 bits per heavy atom. The van der Waals surface area contributed by atoms with Crippen LogP contribution in [0.3, 0.4) is 0 Å². The molecule has 0 aliphatic rings. The second kappa shape index (κ2) is 9.98. The number of rotatable bonds is 7. The summed E-state index contributed by atoms with van der Waals surface area (Å²) in [5.74, 6) is 0.316. The van der Waals surface area contributed by atoms with Gasteiger partial charge >= 0.3 is 5.97 Å². The number of esters is 1. The minimum absolute atomic E-state index is 0.204. The Hall–Kier alpha value is -2.75. The lowest BCUT2D eigenvalue weighted by Gasteiger charge is -2.07. The van der Waals surface area contributed by atoms with E-state index < -0.39 is 5.97 Å². The molecule has 0 saturated carbocycles. The summed E-state index contributed by atoms with van der Waals surface area (Å²) in [6.07, 6.45) is 3.09. The Morgan fingerprint density at radius 2 is 1.57 bits per heavy atom. The first kappa shape index (κ1) is 20.0. The highest BCUT2D eigenvalue weighted by Gasteiger charge is 2.02. The lowest BCUT2D eigenvalue weighted by atomic mass is 10.2. The normalized spacial score (nSPS) is 10.8. The maximum Gasteiger partial charge on any atom is 0.331 e. The molecule has 0 radical (unpaired) electrons. The van der Waals surface area contributed by atoms with Crippen molar-refractivity contribution in [2.45, 2.75) is 13.2 Å². The Balaban J connectivity index is 1.48. The van der Waals surface area contributed by atoms with Crippen molar-refractivity contribution in [3.05, 3.63) is 106 Å². The van der Waals surface area contributed by atoms with Gasteiger partial charge in [0.05, 0.1) is 0 Å². The first-order chi connectivity index (χ1) is 13.6. The van der Waals surface area contributed by atoms with Crippen molar-refractivity contribution < 1.29 is 14.3 Å². The first-order valence-corrected chi connectivity index (χ1v) is 9.41. The molecule has 3 rings (SSSR count). The molecule has 0 spiro atoms. The van der Waals surface area contributed by atoms with Gasteiger partial charge < -0.3 is 9.47 Å². The summed E-state index contributed by atoms with van der Waals surface area (Å²) in [4.78, 5) is 11.8. The second-order valence-electron chi connectivity index (χ2n) is 6.02. The van der Waals surface area contributed by atoms with Crippen LogP contribution >= 0.6 is 23.2 Å². The maximum atomic E-state index is 11.8. The third kappa shape index (κ3) is 6.15. The highest BCUT2D eigenvalue weighted by molar-refractivity contribution is 6.31. The quantitative estimate of drug-likeness (QED) is 0.336. The largest absolute Gasteiger partial charge is 0.489 e. The van der Waals surface area contributed by atoms with Gasteiger partial charge in [-0.1, -0.05) is 65.7 Å². The lowest BCUT2D eigenvalue weighted by molar-refractivity contribution is -0.138. The zero-order chi connectivity index (χ0) is 19.8. The summed E-state index contributed by atoms with van der Waals surface area (Å²) in [5.41, 5.74) is 2.68. The van der Waals surface area contributed by atoms with Gasteiger partial charge in [0, 0.05) is 21.7 Å². The minimum atomic E-state index is -0.408. The molecule has 0 aromatic heterocycles. The van der Waals surface area contributed by atoms with Gasteiger partial charge in [-0.3, -0.25) is 0 Å². The van der Waals surface area contributed by atoms with Gasteiger partial charge in [0.25, 0.3) is 0 Å². The summed E-state index contributed by atoms with van der Waals surface area (Å²) >= 11 is 11.9. The van der Waals surface area contributed by atoms with E-state index in [1.165, 1.54) is 6.08 Å². The Kier molecular flexibility index (Phi) is 7.12. The van der Waals surface area contributed by atoms with Gasteiger partial charge in [0.15, 0.2) is 0 Å². The number of halogens is 2. The maximum absolute atomic E-state index is 11.8. The molecule has 0 atom stereocenters. The van der Waals surface area contributed by atoms with Crippen LogP contribution in [0, 0.1) is 0 Å². The van der Waals surface area contributed by atoms with Crippen molar-refractivity contribution in [1.82, 2.24) is 0 Å². The van der Waals surface area contributed by atoms with E-state index in [0.29, 0.717) is 16.7 Å².